The molecule has 0 radical (unpaired) electrons. The van der Waals surface area contributed by atoms with Gasteiger partial charge < -0.3 is 20.7 Å². The molecular formula is C16H25N3O2. The lowest BCUT2D eigenvalue weighted by molar-refractivity contribution is -0.122. The summed E-state index contributed by atoms with van der Waals surface area (Å²) in [6.45, 7) is 3.57. The summed E-state index contributed by atoms with van der Waals surface area (Å²) in [4.78, 5) is 14.3. The van der Waals surface area contributed by atoms with Gasteiger partial charge in [0.1, 0.15) is 5.75 Å². The van der Waals surface area contributed by atoms with E-state index in [0.29, 0.717) is 30.5 Å². The Bertz CT molecular complexity index is 478. The molecule has 0 saturated carbocycles. The number of carbonyl (C=O) groups is 1. The van der Waals surface area contributed by atoms with Crippen LogP contribution in [0.5, 0.6) is 5.75 Å². The topological polar surface area (TPSA) is 67.6 Å². The van der Waals surface area contributed by atoms with Crippen LogP contribution in [0.1, 0.15) is 26.2 Å². The monoisotopic (exact) mass is 291 g/mol. The van der Waals surface area contributed by atoms with Gasteiger partial charge in [-0.15, -0.1) is 0 Å². The third kappa shape index (κ3) is 4.63. The van der Waals surface area contributed by atoms with Crippen molar-refractivity contribution < 1.29 is 9.53 Å². The Morgan fingerprint density at radius 1 is 1.48 bits per heavy atom. The zero-order valence-electron chi connectivity index (χ0n) is 12.8. The van der Waals surface area contributed by atoms with E-state index in [0.717, 1.165) is 19.4 Å². The Hall–Kier alpha value is -1.75. The maximum atomic E-state index is 11.9. The summed E-state index contributed by atoms with van der Waals surface area (Å²) in [5.74, 6) is 0.685. The molecule has 2 atom stereocenters. The SMILES string of the molecule is CC1CC(NC(=O)CCOc2ccccc2N)CCN1C. The van der Waals surface area contributed by atoms with Crippen LogP contribution in [0.25, 0.3) is 0 Å². The number of nitrogen functional groups attached to an aromatic ring is 1. The molecule has 1 heterocycles. The molecule has 0 aromatic heterocycles. The average molecular weight is 291 g/mol. The lowest BCUT2D eigenvalue weighted by Gasteiger charge is -2.35. The molecule has 5 nitrogen and oxygen atoms in total. The molecule has 1 amide bonds. The minimum atomic E-state index is 0.0475. The number of rotatable bonds is 5. The predicted octanol–water partition coefficient (Wildman–Crippen LogP) is 1.64. The lowest BCUT2D eigenvalue weighted by atomic mass is 9.99. The fourth-order valence-electron chi connectivity index (χ4n) is 2.59. The van der Waals surface area contributed by atoms with Crippen molar-refractivity contribution in [1.29, 1.82) is 0 Å². The number of anilines is 1. The highest BCUT2D eigenvalue weighted by molar-refractivity contribution is 5.76. The molecule has 0 aliphatic carbocycles. The van der Waals surface area contributed by atoms with Crippen molar-refractivity contribution in [2.24, 2.45) is 0 Å². The fraction of sp³-hybridized carbons (Fsp3) is 0.562. The summed E-state index contributed by atoms with van der Waals surface area (Å²) in [6.07, 6.45) is 2.38. The van der Waals surface area contributed by atoms with E-state index in [1.165, 1.54) is 0 Å². The second-order valence-electron chi connectivity index (χ2n) is 5.75. The molecule has 2 rings (SSSR count). The summed E-state index contributed by atoms with van der Waals surface area (Å²) >= 11 is 0. The van der Waals surface area contributed by atoms with Gasteiger partial charge in [0.05, 0.1) is 18.7 Å². The van der Waals surface area contributed by atoms with Crippen LogP contribution in [0.4, 0.5) is 5.69 Å². The first-order valence-corrected chi connectivity index (χ1v) is 7.53. The molecule has 1 aliphatic heterocycles. The minimum Gasteiger partial charge on any atom is -0.491 e. The number of piperidine rings is 1. The largest absolute Gasteiger partial charge is 0.491 e. The number of hydrogen-bond acceptors (Lipinski definition) is 4. The second kappa shape index (κ2) is 7.31. The van der Waals surface area contributed by atoms with Crippen LogP contribution in [0, 0.1) is 0 Å². The Morgan fingerprint density at radius 3 is 2.95 bits per heavy atom. The maximum absolute atomic E-state index is 11.9. The molecule has 1 aromatic carbocycles. The quantitative estimate of drug-likeness (QED) is 0.809. The third-order valence-corrected chi connectivity index (χ3v) is 4.08. The zero-order valence-corrected chi connectivity index (χ0v) is 12.8. The summed E-state index contributed by atoms with van der Waals surface area (Å²) in [6, 6.07) is 8.12. The van der Waals surface area contributed by atoms with Crippen LogP contribution in [0.2, 0.25) is 0 Å². The Kier molecular flexibility index (Phi) is 5.44. The number of likely N-dealkylation sites (tertiary alicyclic amines) is 1. The molecule has 5 heteroatoms. The summed E-state index contributed by atoms with van der Waals surface area (Å²) in [7, 11) is 2.13. The Labute approximate surface area is 126 Å². The number of nitrogens with one attached hydrogen (secondary N) is 1. The fourth-order valence-corrected chi connectivity index (χ4v) is 2.59. The van der Waals surface area contributed by atoms with E-state index in [9.17, 15) is 4.79 Å². The molecule has 0 bridgehead atoms. The van der Waals surface area contributed by atoms with Crippen molar-refractivity contribution in [3.8, 4) is 5.75 Å². The summed E-state index contributed by atoms with van der Waals surface area (Å²) < 4.78 is 5.54. The summed E-state index contributed by atoms with van der Waals surface area (Å²) in [5.41, 5.74) is 6.38. The van der Waals surface area contributed by atoms with Gasteiger partial charge in [0.25, 0.3) is 0 Å². The lowest BCUT2D eigenvalue weighted by Crippen LogP contribution is -2.47. The molecule has 1 aromatic rings. The van der Waals surface area contributed by atoms with Gasteiger partial charge in [-0.05, 0) is 38.9 Å². The number of benzene rings is 1. The number of ether oxygens (including phenoxy) is 1. The average Bonchev–Trinajstić information content (AvgIpc) is 2.45. The minimum absolute atomic E-state index is 0.0475. The second-order valence-corrected chi connectivity index (χ2v) is 5.75. The Balaban J connectivity index is 1.69. The van der Waals surface area contributed by atoms with Crippen molar-refractivity contribution in [2.45, 2.75) is 38.3 Å². The van der Waals surface area contributed by atoms with E-state index in [4.69, 9.17) is 10.5 Å². The van der Waals surface area contributed by atoms with Crippen LogP contribution < -0.4 is 15.8 Å². The zero-order chi connectivity index (χ0) is 15.2. The van der Waals surface area contributed by atoms with Gasteiger partial charge in [-0.3, -0.25) is 4.79 Å². The standard InChI is InChI=1S/C16H25N3O2/c1-12-11-13(7-9-19(12)2)18-16(20)8-10-21-15-6-4-3-5-14(15)17/h3-6,12-13H,7-11,17H2,1-2H3,(H,18,20). The molecule has 2 unspecified atom stereocenters. The molecule has 1 fully saturated rings. The van der Waals surface area contributed by atoms with E-state index in [1.807, 2.05) is 18.2 Å². The van der Waals surface area contributed by atoms with Gasteiger partial charge in [0, 0.05) is 18.6 Å². The first-order chi connectivity index (χ1) is 10.1. The number of hydrogen-bond donors (Lipinski definition) is 2. The van der Waals surface area contributed by atoms with Crippen molar-refractivity contribution in [1.82, 2.24) is 10.2 Å². The number of carbonyl (C=O) groups excluding carboxylic acids is 1. The maximum Gasteiger partial charge on any atom is 0.223 e. The molecule has 1 aliphatic rings. The van der Waals surface area contributed by atoms with Crippen molar-refractivity contribution in [2.75, 3.05) is 25.9 Å². The first kappa shape index (κ1) is 15.6. The highest BCUT2D eigenvalue weighted by Crippen LogP contribution is 2.20. The van der Waals surface area contributed by atoms with E-state index < -0.39 is 0 Å². The highest BCUT2D eigenvalue weighted by Gasteiger charge is 2.23. The highest BCUT2D eigenvalue weighted by atomic mass is 16.5. The van der Waals surface area contributed by atoms with Crippen molar-refractivity contribution in [3.63, 3.8) is 0 Å². The van der Waals surface area contributed by atoms with Crippen LogP contribution in [-0.4, -0.2) is 43.1 Å². The van der Waals surface area contributed by atoms with Crippen LogP contribution in [0.15, 0.2) is 24.3 Å². The Morgan fingerprint density at radius 2 is 2.24 bits per heavy atom. The summed E-state index contributed by atoms with van der Waals surface area (Å²) in [5, 5.41) is 3.09. The number of para-hydroxylation sites is 2. The molecule has 1 saturated heterocycles. The molecular weight excluding hydrogens is 266 g/mol. The van der Waals surface area contributed by atoms with Gasteiger partial charge >= 0.3 is 0 Å². The van der Waals surface area contributed by atoms with E-state index in [1.54, 1.807) is 6.07 Å². The van der Waals surface area contributed by atoms with Gasteiger partial charge in [-0.2, -0.15) is 0 Å². The van der Waals surface area contributed by atoms with Crippen LogP contribution in [-0.2, 0) is 4.79 Å². The van der Waals surface area contributed by atoms with E-state index in [2.05, 4.69) is 24.2 Å². The van der Waals surface area contributed by atoms with E-state index in [-0.39, 0.29) is 11.9 Å². The predicted molar refractivity (Wildman–Crippen MR) is 84.2 cm³/mol. The van der Waals surface area contributed by atoms with Gasteiger partial charge in [0.15, 0.2) is 0 Å². The van der Waals surface area contributed by atoms with Crippen LogP contribution >= 0.6 is 0 Å². The third-order valence-electron chi connectivity index (χ3n) is 4.08. The van der Waals surface area contributed by atoms with Crippen molar-refractivity contribution in [3.05, 3.63) is 24.3 Å². The molecule has 21 heavy (non-hydrogen) atoms. The van der Waals surface area contributed by atoms with Gasteiger partial charge in [0.2, 0.25) is 5.91 Å². The number of nitrogens with two attached hydrogens (primary N) is 1. The van der Waals surface area contributed by atoms with Crippen LogP contribution in [0.3, 0.4) is 0 Å². The normalized spacial score (nSPS) is 22.8. The van der Waals surface area contributed by atoms with E-state index >= 15 is 0 Å². The first-order valence-electron chi connectivity index (χ1n) is 7.53. The molecule has 0 spiro atoms. The number of amides is 1. The number of nitrogens with zero attached hydrogens (tertiary/aromatic N) is 1. The van der Waals surface area contributed by atoms with Crippen molar-refractivity contribution >= 4 is 11.6 Å². The van der Waals surface area contributed by atoms with Gasteiger partial charge in [-0.25, -0.2) is 0 Å². The van der Waals surface area contributed by atoms with Gasteiger partial charge in [-0.1, -0.05) is 12.1 Å². The smallest absolute Gasteiger partial charge is 0.223 e. The molecule has 3 N–H and O–H groups in total. The molecule has 116 valence electrons.